The Morgan fingerprint density at radius 1 is 1.38 bits per heavy atom. The van der Waals surface area contributed by atoms with Crippen molar-refractivity contribution < 1.29 is 4.79 Å². The monoisotopic (exact) mass is 218 g/mol. The molecule has 16 heavy (non-hydrogen) atoms. The summed E-state index contributed by atoms with van der Waals surface area (Å²) in [5, 5.41) is 0. The van der Waals surface area contributed by atoms with E-state index in [0.29, 0.717) is 12.5 Å². The molecule has 0 bridgehead atoms. The maximum absolute atomic E-state index is 11.3. The van der Waals surface area contributed by atoms with Gasteiger partial charge in [-0.05, 0) is 12.0 Å². The van der Waals surface area contributed by atoms with Crippen molar-refractivity contribution in [3.63, 3.8) is 0 Å². The van der Waals surface area contributed by atoms with Gasteiger partial charge in [0.1, 0.15) is 0 Å². The molecule has 0 radical (unpaired) electrons. The van der Waals surface area contributed by atoms with Gasteiger partial charge in [0.25, 0.3) is 0 Å². The molecule has 0 aliphatic carbocycles. The second-order valence-corrected chi connectivity index (χ2v) is 4.43. The van der Waals surface area contributed by atoms with Crippen LogP contribution in [-0.4, -0.2) is 29.9 Å². The minimum absolute atomic E-state index is 0.0556. The summed E-state index contributed by atoms with van der Waals surface area (Å²) >= 11 is 0. The smallest absolute Gasteiger partial charge is 0.219 e. The van der Waals surface area contributed by atoms with Gasteiger partial charge in [0.2, 0.25) is 5.91 Å². The largest absolute Gasteiger partial charge is 0.341 e. The first kappa shape index (κ1) is 11.1. The fourth-order valence-electron chi connectivity index (χ4n) is 2.38. The van der Waals surface area contributed by atoms with Crippen molar-refractivity contribution in [3.05, 3.63) is 35.9 Å². The topological polar surface area (TPSA) is 46.3 Å². The highest BCUT2D eigenvalue weighted by Gasteiger charge is 2.28. The standard InChI is InChI=1S/C13H18N2O/c1-10(16)15-8-7-12(13(14)9-15)11-5-3-2-4-6-11/h2-6,12-13H,7-9,14H2,1H3. The van der Waals surface area contributed by atoms with Crippen molar-refractivity contribution >= 4 is 5.91 Å². The molecule has 0 spiro atoms. The van der Waals surface area contributed by atoms with E-state index >= 15 is 0 Å². The number of rotatable bonds is 1. The van der Waals surface area contributed by atoms with Gasteiger partial charge in [-0.3, -0.25) is 4.79 Å². The Hall–Kier alpha value is -1.35. The summed E-state index contributed by atoms with van der Waals surface area (Å²) in [6, 6.07) is 10.4. The normalized spacial score (nSPS) is 25.5. The van der Waals surface area contributed by atoms with Gasteiger partial charge in [0.05, 0.1) is 0 Å². The van der Waals surface area contributed by atoms with Crippen molar-refractivity contribution in [1.29, 1.82) is 0 Å². The molecule has 0 saturated carbocycles. The lowest BCUT2D eigenvalue weighted by atomic mass is 9.86. The SMILES string of the molecule is CC(=O)N1CCC(c2ccccc2)C(N)C1. The number of amides is 1. The van der Waals surface area contributed by atoms with Crippen LogP contribution in [-0.2, 0) is 4.79 Å². The number of hydrogen-bond donors (Lipinski definition) is 1. The molecule has 2 atom stereocenters. The number of nitrogens with zero attached hydrogens (tertiary/aromatic N) is 1. The van der Waals surface area contributed by atoms with Crippen molar-refractivity contribution in [1.82, 2.24) is 4.90 Å². The van der Waals surface area contributed by atoms with E-state index in [1.807, 2.05) is 23.1 Å². The second kappa shape index (κ2) is 4.66. The van der Waals surface area contributed by atoms with Gasteiger partial charge in [0, 0.05) is 32.0 Å². The summed E-state index contributed by atoms with van der Waals surface area (Å²) < 4.78 is 0. The van der Waals surface area contributed by atoms with Crippen LogP contribution < -0.4 is 5.73 Å². The average Bonchev–Trinajstić information content (AvgIpc) is 2.30. The number of nitrogens with two attached hydrogens (primary N) is 1. The average molecular weight is 218 g/mol. The molecule has 3 nitrogen and oxygen atoms in total. The third-order valence-corrected chi connectivity index (χ3v) is 3.33. The summed E-state index contributed by atoms with van der Waals surface area (Å²) in [5.74, 6) is 0.513. The molecule has 1 saturated heterocycles. The molecule has 2 N–H and O–H groups in total. The quantitative estimate of drug-likeness (QED) is 0.773. The molecular weight excluding hydrogens is 200 g/mol. The first-order valence-corrected chi connectivity index (χ1v) is 5.74. The predicted molar refractivity (Wildman–Crippen MR) is 64.0 cm³/mol. The van der Waals surface area contributed by atoms with E-state index in [0.717, 1.165) is 13.0 Å². The molecule has 1 aliphatic heterocycles. The molecule has 1 fully saturated rings. The fraction of sp³-hybridized carbons (Fsp3) is 0.462. The van der Waals surface area contributed by atoms with Crippen LogP contribution in [0, 0.1) is 0 Å². The van der Waals surface area contributed by atoms with E-state index in [1.54, 1.807) is 6.92 Å². The lowest BCUT2D eigenvalue weighted by Crippen LogP contribution is -2.48. The minimum atomic E-state index is 0.0556. The second-order valence-electron chi connectivity index (χ2n) is 4.43. The van der Waals surface area contributed by atoms with Crippen LogP contribution in [0.4, 0.5) is 0 Å². The maximum atomic E-state index is 11.3. The van der Waals surface area contributed by atoms with E-state index in [1.165, 1.54) is 5.56 Å². The van der Waals surface area contributed by atoms with Crippen molar-refractivity contribution in [2.45, 2.75) is 25.3 Å². The third-order valence-electron chi connectivity index (χ3n) is 3.33. The van der Waals surface area contributed by atoms with E-state index in [4.69, 9.17) is 5.73 Å². The predicted octanol–water partition coefficient (Wildman–Crippen LogP) is 1.35. The molecule has 1 heterocycles. The first-order valence-electron chi connectivity index (χ1n) is 5.74. The Labute approximate surface area is 96.2 Å². The van der Waals surface area contributed by atoms with E-state index in [-0.39, 0.29) is 11.9 Å². The first-order chi connectivity index (χ1) is 7.68. The van der Waals surface area contributed by atoms with E-state index in [9.17, 15) is 4.79 Å². The van der Waals surface area contributed by atoms with Gasteiger partial charge in [-0.15, -0.1) is 0 Å². The molecule has 2 rings (SSSR count). The van der Waals surface area contributed by atoms with Gasteiger partial charge in [0.15, 0.2) is 0 Å². The van der Waals surface area contributed by atoms with Crippen molar-refractivity contribution in [3.8, 4) is 0 Å². The Balaban J connectivity index is 2.08. The summed E-state index contributed by atoms with van der Waals surface area (Å²) in [6.07, 6.45) is 0.963. The summed E-state index contributed by atoms with van der Waals surface area (Å²) in [6.45, 7) is 3.10. The van der Waals surface area contributed by atoms with E-state index < -0.39 is 0 Å². The number of carbonyl (C=O) groups is 1. The molecule has 3 heteroatoms. The lowest BCUT2D eigenvalue weighted by molar-refractivity contribution is -0.130. The number of likely N-dealkylation sites (tertiary alicyclic amines) is 1. The van der Waals surface area contributed by atoms with Gasteiger partial charge < -0.3 is 10.6 Å². The van der Waals surface area contributed by atoms with Crippen LogP contribution in [0.25, 0.3) is 0 Å². The maximum Gasteiger partial charge on any atom is 0.219 e. The molecule has 1 aliphatic rings. The summed E-state index contributed by atoms with van der Waals surface area (Å²) in [5.41, 5.74) is 7.44. The molecule has 1 aromatic carbocycles. The van der Waals surface area contributed by atoms with Crippen LogP contribution in [0.5, 0.6) is 0 Å². The molecular formula is C13H18N2O. The number of carbonyl (C=O) groups excluding carboxylic acids is 1. The van der Waals surface area contributed by atoms with Crippen molar-refractivity contribution in [2.75, 3.05) is 13.1 Å². The van der Waals surface area contributed by atoms with Gasteiger partial charge >= 0.3 is 0 Å². The Morgan fingerprint density at radius 2 is 2.06 bits per heavy atom. The van der Waals surface area contributed by atoms with Crippen LogP contribution in [0.15, 0.2) is 30.3 Å². The molecule has 1 amide bonds. The van der Waals surface area contributed by atoms with Gasteiger partial charge in [-0.2, -0.15) is 0 Å². The Morgan fingerprint density at radius 3 is 2.62 bits per heavy atom. The lowest BCUT2D eigenvalue weighted by Gasteiger charge is -2.36. The third kappa shape index (κ3) is 2.25. The molecule has 0 aromatic heterocycles. The Bertz CT molecular complexity index is 363. The van der Waals surface area contributed by atoms with Crippen LogP contribution in [0.2, 0.25) is 0 Å². The van der Waals surface area contributed by atoms with Crippen LogP contribution >= 0.6 is 0 Å². The number of hydrogen-bond acceptors (Lipinski definition) is 2. The molecule has 1 aromatic rings. The zero-order valence-corrected chi connectivity index (χ0v) is 9.60. The molecule has 86 valence electrons. The zero-order chi connectivity index (χ0) is 11.5. The number of piperidine rings is 1. The fourth-order valence-corrected chi connectivity index (χ4v) is 2.38. The highest BCUT2D eigenvalue weighted by Crippen LogP contribution is 2.26. The van der Waals surface area contributed by atoms with Crippen LogP contribution in [0.1, 0.15) is 24.8 Å². The summed E-state index contributed by atoms with van der Waals surface area (Å²) in [7, 11) is 0. The number of benzene rings is 1. The Kier molecular flexibility index (Phi) is 3.25. The minimum Gasteiger partial charge on any atom is -0.341 e. The van der Waals surface area contributed by atoms with E-state index in [2.05, 4.69) is 12.1 Å². The highest BCUT2D eigenvalue weighted by atomic mass is 16.2. The van der Waals surface area contributed by atoms with Crippen LogP contribution in [0.3, 0.4) is 0 Å². The highest BCUT2D eigenvalue weighted by molar-refractivity contribution is 5.73. The van der Waals surface area contributed by atoms with Gasteiger partial charge in [-0.25, -0.2) is 0 Å². The molecule has 2 unspecified atom stereocenters. The van der Waals surface area contributed by atoms with Gasteiger partial charge in [-0.1, -0.05) is 30.3 Å². The summed E-state index contributed by atoms with van der Waals surface area (Å²) in [4.78, 5) is 13.1. The zero-order valence-electron chi connectivity index (χ0n) is 9.60. The van der Waals surface area contributed by atoms with Crippen molar-refractivity contribution in [2.24, 2.45) is 5.73 Å².